The van der Waals surface area contributed by atoms with Gasteiger partial charge in [-0.25, -0.2) is 0 Å². The zero-order chi connectivity index (χ0) is 17.6. The van der Waals surface area contributed by atoms with Gasteiger partial charge in [-0.05, 0) is 23.6 Å². The Morgan fingerprint density at radius 1 is 1.28 bits per heavy atom. The van der Waals surface area contributed by atoms with Crippen molar-refractivity contribution in [2.45, 2.75) is 24.5 Å². The number of benzene rings is 1. The Labute approximate surface area is 159 Å². The molecule has 1 atom stereocenters. The van der Waals surface area contributed by atoms with Gasteiger partial charge in [0.25, 0.3) is 5.91 Å². The molecule has 1 N–H and O–H groups in total. The number of nitrogens with one attached hydrogen (secondary N) is 1. The molecular weight excluding hydrogens is 352 g/mol. The normalized spacial score (nSPS) is 22.4. The average Bonchev–Trinajstić information content (AvgIpc) is 3.14. The number of carbonyl (C=O) groups is 1. The van der Waals surface area contributed by atoms with E-state index in [2.05, 4.69) is 36.2 Å². The molecule has 3 rings (SSSR count). The first-order chi connectivity index (χ1) is 12.1. The van der Waals surface area contributed by atoms with E-state index in [1.807, 2.05) is 35.7 Å². The van der Waals surface area contributed by atoms with Crippen LogP contribution in [-0.4, -0.2) is 61.2 Å². The molecular formula is C19H28N2O2S2. The Balaban J connectivity index is 1.47. The molecule has 0 aliphatic carbocycles. The summed E-state index contributed by atoms with van der Waals surface area (Å²) < 4.78 is 6.33. The quantitative estimate of drug-likeness (QED) is 0.820. The van der Waals surface area contributed by atoms with E-state index in [0.29, 0.717) is 17.0 Å². The van der Waals surface area contributed by atoms with Gasteiger partial charge in [-0.2, -0.15) is 0 Å². The van der Waals surface area contributed by atoms with E-state index in [9.17, 15) is 4.79 Å². The minimum Gasteiger partial charge on any atom is -0.374 e. The molecule has 0 saturated carbocycles. The highest BCUT2D eigenvalue weighted by atomic mass is 32.2. The molecule has 1 aromatic rings. The first-order valence-corrected chi connectivity index (χ1v) is 11.2. The summed E-state index contributed by atoms with van der Waals surface area (Å²) in [6.07, 6.45) is 0.0852. The van der Waals surface area contributed by atoms with Crippen LogP contribution >= 0.6 is 23.5 Å². The number of hydrogen-bond donors (Lipinski definition) is 1. The Morgan fingerprint density at radius 3 is 2.68 bits per heavy atom. The number of amides is 1. The first-order valence-electron chi connectivity index (χ1n) is 9.07. The number of nitrogens with zero attached hydrogens (tertiary/aromatic N) is 1. The standard InChI is InChI=1S/C19H28N2O2S2/c1-14(2)12-21-7-8-23-17(13-21)11-20-18(22)15-3-5-16(6-4-15)19-24-9-10-25-19/h3-6,14,17,19H,7-13H2,1-2H3,(H,20,22)/t17-/m1/s1. The van der Waals surface area contributed by atoms with Crippen molar-refractivity contribution in [2.75, 3.05) is 44.3 Å². The summed E-state index contributed by atoms with van der Waals surface area (Å²) in [5.41, 5.74) is 2.04. The van der Waals surface area contributed by atoms with Crippen LogP contribution in [0, 0.1) is 5.92 Å². The van der Waals surface area contributed by atoms with Crippen molar-refractivity contribution in [3.05, 3.63) is 35.4 Å². The van der Waals surface area contributed by atoms with Crippen LogP contribution in [0.3, 0.4) is 0 Å². The fourth-order valence-corrected chi connectivity index (χ4v) is 6.10. The van der Waals surface area contributed by atoms with Crippen LogP contribution in [0.2, 0.25) is 0 Å². The topological polar surface area (TPSA) is 41.6 Å². The second kappa shape index (κ2) is 9.31. The lowest BCUT2D eigenvalue weighted by molar-refractivity contribution is -0.0295. The van der Waals surface area contributed by atoms with Gasteiger partial charge in [-0.15, -0.1) is 23.5 Å². The molecule has 1 aromatic carbocycles. The third kappa shape index (κ3) is 5.64. The maximum absolute atomic E-state index is 12.4. The minimum atomic E-state index is -0.0112. The van der Waals surface area contributed by atoms with Gasteiger partial charge in [0.05, 0.1) is 17.3 Å². The molecule has 2 fully saturated rings. The Bertz CT molecular complexity index is 559. The molecule has 0 spiro atoms. The van der Waals surface area contributed by atoms with Crippen LogP contribution in [0.25, 0.3) is 0 Å². The molecule has 25 heavy (non-hydrogen) atoms. The van der Waals surface area contributed by atoms with Gasteiger partial charge in [0.2, 0.25) is 0 Å². The smallest absolute Gasteiger partial charge is 0.251 e. The molecule has 0 unspecified atom stereocenters. The minimum absolute atomic E-state index is 0.0112. The average molecular weight is 381 g/mol. The zero-order valence-corrected chi connectivity index (χ0v) is 16.7. The largest absolute Gasteiger partial charge is 0.374 e. The summed E-state index contributed by atoms with van der Waals surface area (Å²) in [6.45, 7) is 8.76. The lowest BCUT2D eigenvalue weighted by atomic mass is 10.1. The summed E-state index contributed by atoms with van der Waals surface area (Å²) in [6, 6.07) is 8.06. The van der Waals surface area contributed by atoms with Crippen molar-refractivity contribution < 1.29 is 9.53 Å². The van der Waals surface area contributed by atoms with Gasteiger partial charge < -0.3 is 10.1 Å². The van der Waals surface area contributed by atoms with E-state index in [4.69, 9.17) is 4.74 Å². The van der Waals surface area contributed by atoms with E-state index >= 15 is 0 Å². The zero-order valence-electron chi connectivity index (χ0n) is 15.1. The Hall–Kier alpha value is -0.690. The summed E-state index contributed by atoms with van der Waals surface area (Å²) in [5, 5.41) is 3.03. The summed E-state index contributed by atoms with van der Waals surface area (Å²) in [5.74, 6) is 3.07. The summed E-state index contributed by atoms with van der Waals surface area (Å²) >= 11 is 3.97. The Morgan fingerprint density at radius 2 is 2.00 bits per heavy atom. The van der Waals surface area contributed by atoms with Crippen LogP contribution in [0.15, 0.2) is 24.3 Å². The highest BCUT2D eigenvalue weighted by molar-refractivity contribution is 8.19. The predicted molar refractivity (Wildman–Crippen MR) is 107 cm³/mol. The molecule has 0 aromatic heterocycles. The van der Waals surface area contributed by atoms with Crippen molar-refractivity contribution in [2.24, 2.45) is 5.92 Å². The van der Waals surface area contributed by atoms with Crippen molar-refractivity contribution in [3.8, 4) is 0 Å². The maximum atomic E-state index is 12.4. The molecule has 4 nitrogen and oxygen atoms in total. The predicted octanol–water partition coefficient (Wildman–Crippen LogP) is 3.25. The first kappa shape index (κ1) is 19.1. The van der Waals surface area contributed by atoms with Gasteiger partial charge in [-0.1, -0.05) is 26.0 Å². The fourth-order valence-electron chi connectivity index (χ4n) is 3.24. The van der Waals surface area contributed by atoms with Crippen molar-refractivity contribution >= 4 is 29.4 Å². The second-order valence-electron chi connectivity index (χ2n) is 7.05. The van der Waals surface area contributed by atoms with E-state index in [0.717, 1.165) is 31.8 Å². The van der Waals surface area contributed by atoms with E-state index < -0.39 is 0 Å². The molecule has 0 radical (unpaired) electrons. The third-order valence-corrected chi connectivity index (χ3v) is 7.51. The Kier molecular flexibility index (Phi) is 7.10. The molecule has 1 amide bonds. The summed E-state index contributed by atoms with van der Waals surface area (Å²) in [4.78, 5) is 14.8. The lowest BCUT2D eigenvalue weighted by Crippen LogP contribution is -2.48. The van der Waals surface area contributed by atoms with Crippen molar-refractivity contribution in [1.82, 2.24) is 10.2 Å². The number of rotatable bonds is 6. The number of carbonyl (C=O) groups excluding carboxylic acids is 1. The summed E-state index contributed by atoms with van der Waals surface area (Å²) in [7, 11) is 0. The molecule has 2 aliphatic rings. The van der Waals surface area contributed by atoms with Crippen molar-refractivity contribution in [3.63, 3.8) is 0 Å². The van der Waals surface area contributed by atoms with E-state index in [1.54, 1.807) is 0 Å². The van der Waals surface area contributed by atoms with Gasteiger partial charge in [0, 0.05) is 43.2 Å². The van der Waals surface area contributed by atoms with Crippen molar-refractivity contribution in [1.29, 1.82) is 0 Å². The highest BCUT2D eigenvalue weighted by Crippen LogP contribution is 2.45. The molecule has 6 heteroatoms. The molecule has 138 valence electrons. The second-order valence-corrected chi connectivity index (χ2v) is 9.78. The molecule has 2 aliphatic heterocycles. The number of ether oxygens (including phenoxy) is 1. The SMILES string of the molecule is CC(C)CN1CCO[C@H](CNC(=O)c2ccc(C3SCCS3)cc2)C1. The maximum Gasteiger partial charge on any atom is 0.251 e. The third-order valence-electron chi connectivity index (χ3n) is 4.40. The van der Waals surface area contributed by atoms with E-state index in [-0.39, 0.29) is 12.0 Å². The van der Waals surface area contributed by atoms with Gasteiger partial charge in [0.1, 0.15) is 0 Å². The van der Waals surface area contributed by atoms with Crippen LogP contribution in [0.5, 0.6) is 0 Å². The van der Waals surface area contributed by atoms with Crippen LogP contribution in [0.4, 0.5) is 0 Å². The van der Waals surface area contributed by atoms with Crippen LogP contribution in [-0.2, 0) is 4.74 Å². The van der Waals surface area contributed by atoms with Gasteiger partial charge in [-0.3, -0.25) is 9.69 Å². The van der Waals surface area contributed by atoms with E-state index in [1.165, 1.54) is 17.1 Å². The van der Waals surface area contributed by atoms with Gasteiger partial charge >= 0.3 is 0 Å². The molecule has 2 saturated heterocycles. The monoisotopic (exact) mass is 380 g/mol. The van der Waals surface area contributed by atoms with Crippen LogP contribution < -0.4 is 5.32 Å². The molecule has 2 heterocycles. The molecule has 0 bridgehead atoms. The number of hydrogen-bond acceptors (Lipinski definition) is 5. The van der Waals surface area contributed by atoms with Crippen LogP contribution in [0.1, 0.15) is 34.4 Å². The highest BCUT2D eigenvalue weighted by Gasteiger charge is 2.22. The number of thioether (sulfide) groups is 2. The van der Waals surface area contributed by atoms with Gasteiger partial charge in [0.15, 0.2) is 0 Å². The number of morpholine rings is 1. The lowest BCUT2D eigenvalue weighted by Gasteiger charge is -2.33. The fraction of sp³-hybridized carbons (Fsp3) is 0.632.